The van der Waals surface area contributed by atoms with Crippen LogP contribution < -0.4 is 14.4 Å². The zero-order chi connectivity index (χ0) is 16.1. The number of hydrogen-bond acceptors (Lipinski definition) is 4. The average Bonchev–Trinajstić information content (AvgIpc) is 2.48. The van der Waals surface area contributed by atoms with Gasteiger partial charge in [0.05, 0.1) is 5.69 Å². The number of carbonyl (C=O) groups excluding carboxylic acids is 1. The number of nitrogens with zero attached hydrogens (tertiary/aromatic N) is 1. The van der Waals surface area contributed by atoms with Gasteiger partial charge < -0.3 is 14.4 Å². The van der Waals surface area contributed by atoms with E-state index in [0.29, 0.717) is 17.1 Å². The van der Waals surface area contributed by atoms with Crippen molar-refractivity contribution in [1.82, 2.24) is 0 Å². The maximum atomic E-state index is 11.8. The highest BCUT2D eigenvalue weighted by atomic mass is 16.5. The Labute approximate surface area is 130 Å². The Morgan fingerprint density at radius 2 is 1.73 bits per heavy atom. The zero-order valence-corrected chi connectivity index (χ0v) is 13.0. The molecule has 0 saturated carbocycles. The van der Waals surface area contributed by atoms with E-state index < -0.39 is 5.97 Å². The number of esters is 1. The fourth-order valence-electron chi connectivity index (χ4n) is 1.82. The van der Waals surface area contributed by atoms with Crippen LogP contribution in [0.4, 0.5) is 5.69 Å². The summed E-state index contributed by atoms with van der Waals surface area (Å²) in [4.78, 5) is 13.6. The van der Waals surface area contributed by atoms with Crippen LogP contribution in [0.3, 0.4) is 0 Å². The molecule has 4 heteroatoms. The molecule has 0 saturated heterocycles. The second-order valence-corrected chi connectivity index (χ2v) is 5.11. The van der Waals surface area contributed by atoms with Crippen molar-refractivity contribution in [3.05, 3.63) is 60.7 Å². The number of ether oxygens (including phenoxy) is 2. The van der Waals surface area contributed by atoms with Crippen molar-refractivity contribution < 1.29 is 14.3 Å². The van der Waals surface area contributed by atoms with Gasteiger partial charge >= 0.3 is 5.97 Å². The van der Waals surface area contributed by atoms with Crippen molar-refractivity contribution >= 4 is 11.7 Å². The Balaban J connectivity index is 2.30. The molecule has 0 aliphatic rings. The lowest BCUT2D eigenvalue weighted by molar-refractivity contribution is -0.130. The van der Waals surface area contributed by atoms with Crippen molar-refractivity contribution in [1.29, 1.82) is 0 Å². The third-order valence-corrected chi connectivity index (χ3v) is 2.94. The third-order valence-electron chi connectivity index (χ3n) is 2.94. The minimum absolute atomic E-state index is 0.346. The lowest BCUT2D eigenvalue weighted by Crippen LogP contribution is -2.14. The molecule has 0 aliphatic heterocycles. The van der Waals surface area contributed by atoms with E-state index in [1.165, 1.54) is 0 Å². The lowest BCUT2D eigenvalue weighted by Gasteiger charge is -2.18. The minimum Gasteiger partial charge on any atom is -0.457 e. The summed E-state index contributed by atoms with van der Waals surface area (Å²) < 4.78 is 11.2. The normalized spacial score (nSPS) is 9.95. The number of carbonyl (C=O) groups is 1. The van der Waals surface area contributed by atoms with Gasteiger partial charge in [-0.25, -0.2) is 4.79 Å². The number of benzene rings is 2. The van der Waals surface area contributed by atoms with Crippen molar-refractivity contribution in [2.75, 3.05) is 19.0 Å². The van der Waals surface area contributed by atoms with E-state index in [1.54, 1.807) is 13.0 Å². The summed E-state index contributed by atoms with van der Waals surface area (Å²) in [5.41, 5.74) is 1.13. The van der Waals surface area contributed by atoms with Crippen molar-refractivity contribution in [2.24, 2.45) is 0 Å². The molecule has 2 aromatic carbocycles. The molecule has 0 fully saturated rings. The lowest BCUT2D eigenvalue weighted by atomic mass is 10.2. The molecule has 22 heavy (non-hydrogen) atoms. The second kappa shape index (κ2) is 6.80. The summed E-state index contributed by atoms with van der Waals surface area (Å²) >= 11 is 0. The molecular weight excluding hydrogens is 278 g/mol. The molecule has 0 aromatic heterocycles. The van der Waals surface area contributed by atoms with Crippen LogP contribution in [-0.2, 0) is 4.79 Å². The van der Waals surface area contributed by atoms with Crippen LogP contribution in [0.15, 0.2) is 60.7 Å². The Morgan fingerprint density at radius 1 is 1.05 bits per heavy atom. The molecule has 4 nitrogen and oxygen atoms in total. The summed E-state index contributed by atoms with van der Waals surface area (Å²) in [7, 11) is 3.76. The molecule has 2 aromatic rings. The predicted octanol–water partition coefficient (Wildman–Crippen LogP) is 4.03. The number of para-hydroxylation sites is 1. The Bertz CT molecular complexity index is 678. The quantitative estimate of drug-likeness (QED) is 0.474. The first-order valence-electron chi connectivity index (χ1n) is 6.89. The molecule has 0 radical (unpaired) electrons. The highest BCUT2D eigenvalue weighted by Gasteiger charge is 2.13. The van der Waals surface area contributed by atoms with E-state index in [-0.39, 0.29) is 0 Å². The van der Waals surface area contributed by atoms with E-state index in [2.05, 4.69) is 6.58 Å². The highest BCUT2D eigenvalue weighted by molar-refractivity contribution is 5.89. The minimum atomic E-state index is -0.458. The fourth-order valence-corrected chi connectivity index (χ4v) is 1.82. The molecule has 0 aliphatic carbocycles. The van der Waals surface area contributed by atoms with Gasteiger partial charge in [0, 0.05) is 25.7 Å². The van der Waals surface area contributed by atoms with Crippen LogP contribution in [0.5, 0.6) is 17.2 Å². The molecule has 0 spiro atoms. The third kappa shape index (κ3) is 3.88. The molecule has 0 N–H and O–H groups in total. The van der Waals surface area contributed by atoms with Crippen molar-refractivity contribution in [2.45, 2.75) is 6.92 Å². The Hall–Kier alpha value is -2.75. The standard InChI is InChI=1S/C18H19NO3/c1-13(2)18(20)22-17-12-15(10-11-16(17)19(3)4)21-14-8-6-5-7-9-14/h5-12H,1H2,2-4H3. The summed E-state index contributed by atoms with van der Waals surface area (Å²) in [6, 6.07) is 14.8. The first-order chi connectivity index (χ1) is 10.5. The molecule has 0 amide bonds. The molecule has 0 unspecified atom stereocenters. The van der Waals surface area contributed by atoms with E-state index in [1.807, 2.05) is 61.5 Å². The Kier molecular flexibility index (Phi) is 4.84. The maximum absolute atomic E-state index is 11.8. The summed E-state index contributed by atoms with van der Waals surface area (Å²) in [6.07, 6.45) is 0. The van der Waals surface area contributed by atoms with Crippen LogP contribution in [0.2, 0.25) is 0 Å². The fraction of sp³-hybridized carbons (Fsp3) is 0.167. The van der Waals surface area contributed by atoms with Crippen LogP contribution in [0, 0.1) is 0 Å². The van der Waals surface area contributed by atoms with Crippen molar-refractivity contribution in [3.8, 4) is 17.2 Å². The molecular formula is C18H19NO3. The van der Waals surface area contributed by atoms with Crippen LogP contribution in [0.25, 0.3) is 0 Å². The molecule has 114 valence electrons. The van der Waals surface area contributed by atoms with Gasteiger partial charge in [0.2, 0.25) is 0 Å². The van der Waals surface area contributed by atoms with Gasteiger partial charge in [-0.05, 0) is 31.2 Å². The predicted molar refractivity (Wildman–Crippen MR) is 87.7 cm³/mol. The van der Waals surface area contributed by atoms with E-state index >= 15 is 0 Å². The van der Waals surface area contributed by atoms with Gasteiger partial charge in [-0.2, -0.15) is 0 Å². The topological polar surface area (TPSA) is 38.8 Å². The van der Waals surface area contributed by atoms with E-state index in [0.717, 1.165) is 11.4 Å². The average molecular weight is 297 g/mol. The highest BCUT2D eigenvalue weighted by Crippen LogP contribution is 2.33. The monoisotopic (exact) mass is 297 g/mol. The first-order valence-corrected chi connectivity index (χ1v) is 6.89. The first kappa shape index (κ1) is 15.6. The zero-order valence-electron chi connectivity index (χ0n) is 13.0. The smallest absolute Gasteiger partial charge is 0.338 e. The summed E-state index contributed by atoms with van der Waals surface area (Å²) in [6.45, 7) is 5.21. The molecule has 0 heterocycles. The maximum Gasteiger partial charge on any atom is 0.338 e. The Morgan fingerprint density at radius 3 is 2.32 bits per heavy atom. The van der Waals surface area contributed by atoms with Gasteiger partial charge in [0.15, 0.2) is 5.75 Å². The van der Waals surface area contributed by atoms with E-state index in [9.17, 15) is 4.79 Å². The van der Waals surface area contributed by atoms with Crippen molar-refractivity contribution in [3.63, 3.8) is 0 Å². The van der Waals surface area contributed by atoms with Gasteiger partial charge in [0.1, 0.15) is 11.5 Å². The van der Waals surface area contributed by atoms with Gasteiger partial charge in [-0.15, -0.1) is 0 Å². The molecule has 0 bridgehead atoms. The summed E-state index contributed by atoms with van der Waals surface area (Å²) in [5, 5.41) is 0. The number of rotatable bonds is 5. The van der Waals surface area contributed by atoms with Crippen LogP contribution >= 0.6 is 0 Å². The molecule has 2 rings (SSSR count). The second-order valence-electron chi connectivity index (χ2n) is 5.11. The summed E-state index contributed by atoms with van der Waals surface area (Å²) in [5.74, 6) is 1.30. The number of anilines is 1. The number of hydrogen-bond donors (Lipinski definition) is 0. The van der Waals surface area contributed by atoms with Gasteiger partial charge in [0.25, 0.3) is 0 Å². The van der Waals surface area contributed by atoms with E-state index in [4.69, 9.17) is 9.47 Å². The van der Waals surface area contributed by atoms with Gasteiger partial charge in [-0.1, -0.05) is 24.8 Å². The largest absolute Gasteiger partial charge is 0.457 e. The van der Waals surface area contributed by atoms with Gasteiger partial charge in [-0.3, -0.25) is 0 Å². The van der Waals surface area contributed by atoms with Crippen LogP contribution in [-0.4, -0.2) is 20.1 Å². The molecule has 0 atom stereocenters. The SMILES string of the molecule is C=C(C)C(=O)Oc1cc(Oc2ccccc2)ccc1N(C)C. The van der Waals surface area contributed by atoms with Crippen LogP contribution in [0.1, 0.15) is 6.92 Å².